The average Bonchev–Trinajstić information content (AvgIpc) is 2.87. The Balaban J connectivity index is 2.15. The van der Waals surface area contributed by atoms with Gasteiger partial charge in [0.05, 0.1) is 12.7 Å². The van der Waals surface area contributed by atoms with E-state index in [1.807, 2.05) is 36.4 Å². The van der Waals surface area contributed by atoms with E-state index in [1.165, 1.54) is 0 Å². The van der Waals surface area contributed by atoms with Crippen molar-refractivity contribution in [3.8, 4) is 17.1 Å². The van der Waals surface area contributed by atoms with Crippen LogP contribution in [0.25, 0.3) is 22.4 Å². The van der Waals surface area contributed by atoms with Gasteiger partial charge in [0.1, 0.15) is 5.75 Å². The molecule has 4 heteroatoms. The van der Waals surface area contributed by atoms with Gasteiger partial charge in [0.15, 0.2) is 17.8 Å². The minimum absolute atomic E-state index is 0.505. The van der Waals surface area contributed by atoms with Crippen LogP contribution in [0.5, 0.6) is 5.75 Å². The molecule has 1 heterocycles. The van der Waals surface area contributed by atoms with Gasteiger partial charge in [-0.05, 0) is 36.4 Å². The Morgan fingerprint density at radius 2 is 1.75 bits per heavy atom. The predicted octanol–water partition coefficient (Wildman–Crippen LogP) is 2.73. The third-order valence-corrected chi connectivity index (χ3v) is 3.34. The molecule has 3 aromatic rings. The van der Waals surface area contributed by atoms with Crippen LogP contribution in [0.15, 0.2) is 48.5 Å². The lowest BCUT2D eigenvalue weighted by atomic mass is 10.2. The molecular weight excluding hydrogens is 252 g/mol. The first kappa shape index (κ1) is 12.7. The number of hydrogen-bond donors (Lipinski definition) is 1. The molecule has 102 valence electrons. The summed E-state index contributed by atoms with van der Waals surface area (Å²) in [6.07, 6.45) is 0. The largest absolute Gasteiger partial charge is 0.497 e. The topological polar surface area (TPSA) is 38.1 Å². The minimum Gasteiger partial charge on any atom is -0.497 e. The summed E-state index contributed by atoms with van der Waals surface area (Å²) in [5.41, 5.74) is 3.31. The number of H-pyrrole nitrogens is 1. The summed E-state index contributed by atoms with van der Waals surface area (Å²) < 4.78 is 12.6. The van der Waals surface area contributed by atoms with Gasteiger partial charge in [-0.15, -0.1) is 0 Å². The fourth-order valence-electron chi connectivity index (χ4n) is 2.37. The number of aromatic amines is 1. The maximum atomic E-state index is 5.32. The summed E-state index contributed by atoms with van der Waals surface area (Å²) in [5.74, 6) is 1.87. The van der Waals surface area contributed by atoms with E-state index < -0.39 is 0 Å². The first-order valence-electron chi connectivity index (χ1n) is 6.47. The molecule has 0 amide bonds. The zero-order chi connectivity index (χ0) is 13.9. The van der Waals surface area contributed by atoms with E-state index >= 15 is 0 Å². The molecule has 0 spiro atoms. The van der Waals surface area contributed by atoms with Gasteiger partial charge in [-0.2, -0.15) is 4.57 Å². The van der Waals surface area contributed by atoms with Gasteiger partial charge in [-0.25, -0.2) is 4.98 Å². The quantitative estimate of drug-likeness (QED) is 0.740. The van der Waals surface area contributed by atoms with Gasteiger partial charge in [-0.3, -0.25) is 0 Å². The van der Waals surface area contributed by atoms with Crippen molar-refractivity contribution in [2.24, 2.45) is 0 Å². The highest BCUT2D eigenvalue weighted by molar-refractivity contribution is 5.74. The van der Waals surface area contributed by atoms with Gasteiger partial charge in [0, 0.05) is 7.11 Å². The molecule has 3 rings (SSSR count). The van der Waals surface area contributed by atoms with Crippen molar-refractivity contribution in [2.45, 2.75) is 6.73 Å². The number of methoxy groups -OCH3 is 2. The monoisotopic (exact) mass is 269 g/mol. The molecule has 0 fully saturated rings. The SMILES string of the molecule is COC[n+]1c(-c2ccc(OC)cc2)[nH]c2ccccc21. The number of nitrogens with zero attached hydrogens (tertiary/aromatic N) is 1. The van der Waals surface area contributed by atoms with Crippen molar-refractivity contribution in [1.29, 1.82) is 0 Å². The number of imidazole rings is 1. The lowest BCUT2D eigenvalue weighted by molar-refractivity contribution is -0.697. The molecule has 4 nitrogen and oxygen atoms in total. The number of aromatic nitrogens is 2. The van der Waals surface area contributed by atoms with E-state index in [0.717, 1.165) is 28.2 Å². The van der Waals surface area contributed by atoms with Crippen LogP contribution in [0.4, 0.5) is 0 Å². The van der Waals surface area contributed by atoms with E-state index in [9.17, 15) is 0 Å². The number of benzene rings is 2. The predicted molar refractivity (Wildman–Crippen MR) is 77.5 cm³/mol. The summed E-state index contributed by atoms with van der Waals surface area (Å²) in [6, 6.07) is 16.2. The molecule has 0 saturated carbocycles. The number of rotatable bonds is 4. The lowest BCUT2D eigenvalue weighted by Gasteiger charge is -2.02. The maximum Gasteiger partial charge on any atom is 0.289 e. The van der Waals surface area contributed by atoms with Crippen LogP contribution in [0.2, 0.25) is 0 Å². The molecule has 20 heavy (non-hydrogen) atoms. The van der Waals surface area contributed by atoms with Crippen LogP contribution in [-0.4, -0.2) is 19.2 Å². The van der Waals surface area contributed by atoms with Gasteiger partial charge >= 0.3 is 0 Å². The second kappa shape index (κ2) is 5.35. The fraction of sp³-hybridized carbons (Fsp3) is 0.188. The molecular formula is C16H17N2O2+. The second-order valence-electron chi connectivity index (χ2n) is 4.57. The summed E-state index contributed by atoms with van der Waals surface area (Å²) >= 11 is 0. The Labute approximate surface area is 117 Å². The molecule has 0 aliphatic rings. The highest BCUT2D eigenvalue weighted by atomic mass is 16.5. The fourth-order valence-corrected chi connectivity index (χ4v) is 2.37. The number of para-hydroxylation sites is 2. The first-order chi connectivity index (χ1) is 9.83. The molecule has 2 aromatic carbocycles. The van der Waals surface area contributed by atoms with Crippen LogP contribution in [-0.2, 0) is 11.5 Å². The van der Waals surface area contributed by atoms with Crippen LogP contribution >= 0.6 is 0 Å². The molecule has 1 N–H and O–H groups in total. The zero-order valence-corrected chi connectivity index (χ0v) is 11.6. The standard InChI is InChI=1S/C16H16N2O2/c1-19-11-18-15-6-4-3-5-14(15)17-16(18)12-7-9-13(20-2)10-8-12/h3-10H,11H2,1-2H3/p+1. The van der Waals surface area contributed by atoms with E-state index in [0.29, 0.717) is 6.73 Å². The molecule has 0 saturated heterocycles. The Bertz CT molecular complexity index is 717. The number of ether oxygens (including phenoxy) is 2. The second-order valence-corrected chi connectivity index (χ2v) is 4.57. The summed E-state index contributed by atoms with van der Waals surface area (Å²) in [5, 5.41) is 0. The van der Waals surface area contributed by atoms with Gasteiger partial charge in [0.2, 0.25) is 0 Å². The molecule has 0 unspecified atom stereocenters. The highest BCUT2D eigenvalue weighted by Gasteiger charge is 2.19. The third kappa shape index (κ3) is 2.14. The van der Waals surface area contributed by atoms with Crippen molar-refractivity contribution >= 4 is 11.0 Å². The number of nitrogens with one attached hydrogen (secondary N) is 1. The zero-order valence-electron chi connectivity index (χ0n) is 11.6. The molecule has 0 aliphatic carbocycles. The number of fused-ring (bicyclic) bond motifs is 1. The Kier molecular flexibility index (Phi) is 3.39. The lowest BCUT2D eigenvalue weighted by Crippen LogP contribution is -2.35. The normalized spacial score (nSPS) is 10.9. The Morgan fingerprint density at radius 3 is 2.45 bits per heavy atom. The van der Waals surface area contributed by atoms with Crippen molar-refractivity contribution in [2.75, 3.05) is 14.2 Å². The van der Waals surface area contributed by atoms with Crippen molar-refractivity contribution in [1.82, 2.24) is 4.98 Å². The maximum absolute atomic E-state index is 5.32. The Morgan fingerprint density at radius 1 is 1.00 bits per heavy atom. The van der Waals surface area contributed by atoms with Crippen LogP contribution < -0.4 is 9.30 Å². The van der Waals surface area contributed by atoms with Crippen LogP contribution in [0, 0.1) is 0 Å². The molecule has 0 atom stereocenters. The summed E-state index contributed by atoms with van der Waals surface area (Å²) in [4.78, 5) is 3.44. The van der Waals surface area contributed by atoms with Gasteiger partial charge in [-0.1, -0.05) is 12.1 Å². The minimum atomic E-state index is 0.505. The van der Waals surface area contributed by atoms with E-state index in [-0.39, 0.29) is 0 Å². The highest BCUT2D eigenvalue weighted by Crippen LogP contribution is 2.21. The molecule has 1 aromatic heterocycles. The molecule has 0 aliphatic heterocycles. The number of hydrogen-bond acceptors (Lipinski definition) is 2. The van der Waals surface area contributed by atoms with Crippen molar-refractivity contribution < 1.29 is 14.0 Å². The third-order valence-electron chi connectivity index (χ3n) is 3.34. The summed E-state index contributed by atoms with van der Waals surface area (Å²) in [6.45, 7) is 0.505. The first-order valence-corrected chi connectivity index (χ1v) is 6.47. The van der Waals surface area contributed by atoms with E-state index in [1.54, 1.807) is 14.2 Å². The van der Waals surface area contributed by atoms with Gasteiger partial charge in [0.25, 0.3) is 5.82 Å². The smallest absolute Gasteiger partial charge is 0.289 e. The van der Waals surface area contributed by atoms with Crippen molar-refractivity contribution in [3.63, 3.8) is 0 Å². The van der Waals surface area contributed by atoms with Crippen LogP contribution in [0.1, 0.15) is 0 Å². The van der Waals surface area contributed by atoms with E-state index in [2.05, 4.69) is 21.7 Å². The molecule has 0 radical (unpaired) electrons. The van der Waals surface area contributed by atoms with Gasteiger partial charge < -0.3 is 9.47 Å². The van der Waals surface area contributed by atoms with Crippen molar-refractivity contribution in [3.05, 3.63) is 48.5 Å². The van der Waals surface area contributed by atoms with E-state index in [4.69, 9.17) is 9.47 Å². The summed E-state index contributed by atoms with van der Waals surface area (Å²) in [7, 11) is 3.37. The Hall–Kier alpha value is -2.33. The van der Waals surface area contributed by atoms with Crippen LogP contribution in [0.3, 0.4) is 0 Å². The molecule has 0 bridgehead atoms. The average molecular weight is 269 g/mol.